The van der Waals surface area contributed by atoms with Gasteiger partial charge < -0.3 is 5.32 Å². The quantitative estimate of drug-likeness (QED) is 0.570. The van der Waals surface area contributed by atoms with Gasteiger partial charge in [0.15, 0.2) is 0 Å². The monoisotopic (exact) mass is 139 g/mol. The van der Waals surface area contributed by atoms with Gasteiger partial charge >= 0.3 is 0 Å². The number of amides is 1. The van der Waals surface area contributed by atoms with Crippen molar-refractivity contribution in [3.05, 3.63) is 12.7 Å². The number of hydrogen-bond acceptors (Lipinski definition) is 1. The Hall–Kier alpha value is -0.790. The van der Waals surface area contributed by atoms with E-state index in [1.54, 1.807) is 6.08 Å². The van der Waals surface area contributed by atoms with Gasteiger partial charge in [0.25, 0.3) is 0 Å². The Bertz CT molecular complexity index is 153. The van der Waals surface area contributed by atoms with Crippen molar-refractivity contribution in [2.24, 2.45) is 5.92 Å². The Morgan fingerprint density at radius 1 is 1.90 bits per heavy atom. The van der Waals surface area contributed by atoms with E-state index >= 15 is 0 Å². The molecule has 1 fully saturated rings. The van der Waals surface area contributed by atoms with Crippen LogP contribution in [0.4, 0.5) is 0 Å². The molecule has 0 bridgehead atoms. The minimum atomic E-state index is 0.0601. The van der Waals surface area contributed by atoms with E-state index in [1.165, 1.54) is 0 Å². The molecule has 1 amide bonds. The summed E-state index contributed by atoms with van der Waals surface area (Å²) in [6, 6.07) is 0.385. The fourth-order valence-electron chi connectivity index (χ4n) is 1.25. The van der Waals surface area contributed by atoms with E-state index in [1.807, 2.05) is 0 Å². The van der Waals surface area contributed by atoms with Crippen molar-refractivity contribution in [2.45, 2.75) is 25.8 Å². The van der Waals surface area contributed by atoms with Gasteiger partial charge in [0.2, 0.25) is 5.91 Å². The molecule has 56 valence electrons. The predicted molar refractivity (Wildman–Crippen MR) is 40.5 cm³/mol. The molecule has 2 heteroatoms. The topological polar surface area (TPSA) is 29.1 Å². The highest BCUT2D eigenvalue weighted by Gasteiger charge is 2.27. The van der Waals surface area contributed by atoms with Crippen LogP contribution in [0.2, 0.25) is 0 Å². The molecule has 1 heterocycles. The second-order valence-electron chi connectivity index (χ2n) is 2.69. The van der Waals surface area contributed by atoms with E-state index in [2.05, 4.69) is 18.8 Å². The maximum Gasteiger partial charge on any atom is 0.227 e. The first-order valence-electron chi connectivity index (χ1n) is 3.70. The predicted octanol–water partition coefficient (Wildman–Crippen LogP) is 1.09. The van der Waals surface area contributed by atoms with Crippen LogP contribution in [0, 0.1) is 5.92 Å². The molecule has 0 aromatic rings. The van der Waals surface area contributed by atoms with Crippen molar-refractivity contribution in [1.82, 2.24) is 5.32 Å². The van der Waals surface area contributed by atoms with E-state index in [0.717, 1.165) is 12.8 Å². The molecule has 2 atom stereocenters. The third-order valence-corrected chi connectivity index (χ3v) is 2.00. The summed E-state index contributed by atoms with van der Waals surface area (Å²) < 4.78 is 0. The molecular formula is C8H13NO. The molecule has 1 N–H and O–H groups in total. The van der Waals surface area contributed by atoms with Crippen molar-refractivity contribution in [3.8, 4) is 0 Å². The summed E-state index contributed by atoms with van der Waals surface area (Å²) in [5.41, 5.74) is 0. The van der Waals surface area contributed by atoms with Gasteiger partial charge in [0.1, 0.15) is 0 Å². The first-order valence-corrected chi connectivity index (χ1v) is 3.70. The summed E-state index contributed by atoms with van der Waals surface area (Å²) in [4.78, 5) is 11.0. The van der Waals surface area contributed by atoms with Crippen molar-refractivity contribution in [3.63, 3.8) is 0 Å². The Balaban J connectivity index is 2.52. The average Bonchev–Trinajstić information content (AvgIpc) is 2.30. The van der Waals surface area contributed by atoms with Gasteiger partial charge in [0, 0.05) is 6.04 Å². The van der Waals surface area contributed by atoms with E-state index in [9.17, 15) is 4.79 Å². The molecule has 1 rings (SSSR count). The van der Waals surface area contributed by atoms with Gasteiger partial charge in [-0.1, -0.05) is 13.0 Å². The van der Waals surface area contributed by atoms with Crippen molar-refractivity contribution < 1.29 is 4.79 Å². The van der Waals surface area contributed by atoms with Crippen LogP contribution in [-0.2, 0) is 4.79 Å². The van der Waals surface area contributed by atoms with Crippen LogP contribution < -0.4 is 5.32 Å². The van der Waals surface area contributed by atoms with Crippen molar-refractivity contribution in [1.29, 1.82) is 0 Å². The lowest BCUT2D eigenvalue weighted by molar-refractivity contribution is -0.121. The molecule has 0 aliphatic carbocycles. The second-order valence-corrected chi connectivity index (χ2v) is 2.69. The maximum atomic E-state index is 11.0. The number of nitrogens with one attached hydrogen (secondary N) is 1. The third-order valence-electron chi connectivity index (χ3n) is 2.00. The molecule has 1 aliphatic rings. The lowest BCUT2D eigenvalue weighted by Gasteiger charge is -2.02. The van der Waals surface area contributed by atoms with Gasteiger partial charge in [0.05, 0.1) is 5.92 Å². The van der Waals surface area contributed by atoms with Crippen LogP contribution in [0.25, 0.3) is 0 Å². The maximum absolute atomic E-state index is 11.0. The van der Waals surface area contributed by atoms with Gasteiger partial charge in [-0.2, -0.15) is 0 Å². The summed E-state index contributed by atoms with van der Waals surface area (Å²) in [6.07, 6.45) is 3.68. The molecule has 1 aliphatic heterocycles. The summed E-state index contributed by atoms with van der Waals surface area (Å²) in [5.74, 6) is 0.201. The lowest BCUT2D eigenvalue weighted by atomic mass is 10.0. The number of rotatable bonds is 2. The highest BCUT2D eigenvalue weighted by molar-refractivity contribution is 5.82. The highest BCUT2D eigenvalue weighted by Crippen LogP contribution is 2.17. The smallest absolute Gasteiger partial charge is 0.227 e. The normalized spacial score (nSPS) is 31.9. The third kappa shape index (κ3) is 1.20. The highest BCUT2D eigenvalue weighted by atomic mass is 16.2. The fraction of sp³-hybridized carbons (Fsp3) is 0.625. The molecular weight excluding hydrogens is 126 g/mol. The van der Waals surface area contributed by atoms with E-state index in [-0.39, 0.29) is 11.8 Å². The zero-order valence-corrected chi connectivity index (χ0v) is 6.26. The van der Waals surface area contributed by atoms with E-state index < -0.39 is 0 Å². The number of carbonyl (C=O) groups excluding carboxylic acids is 1. The van der Waals surface area contributed by atoms with Gasteiger partial charge in [-0.3, -0.25) is 4.79 Å². The molecule has 10 heavy (non-hydrogen) atoms. The van der Waals surface area contributed by atoms with Gasteiger partial charge in [-0.25, -0.2) is 0 Å². The molecule has 0 aromatic carbocycles. The standard InChI is InChI=1S/C8H13NO/c1-3-6-5-7(4-2)9-8(6)10/h3,6-7H,1,4-5H2,2H3,(H,9,10). The summed E-state index contributed by atoms with van der Waals surface area (Å²) in [6.45, 7) is 5.68. The first kappa shape index (κ1) is 7.32. The second kappa shape index (κ2) is 2.86. The van der Waals surface area contributed by atoms with Crippen LogP contribution in [-0.4, -0.2) is 11.9 Å². The van der Waals surface area contributed by atoms with Crippen molar-refractivity contribution in [2.75, 3.05) is 0 Å². The Morgan fingerprint density at radius 3 is 2.90 bits per heavy atom. The first-order chi connectivity index (χ1) is 4.77. The summed E-state index contributed by atoms with van der Waals surface area (Å²) in [5, 5.41) is 2.89. The molecule has 0 radical (unpaired) electrons. The van der Waals surface area contributed by atoms with Gasteiger partial charge in [-0.05, 0) is 12.8 Å². The van der Waals surface area contributed by atoms with E-state index in [4.69, 9.17) is 0 Å². The van der Waals surface area contributed by atoms with E-state index in [0.29, 0.717) is 6.04 Å². The molecule has 0 saturated carbocycles. The Kier molecular flexibility index (Phi) is 2.10. The van der Waals surface area contributed by atoms with Crippen LogP contribution in [0.15, 0.2) is 12.7 Å². The SMILES string of the molecule is C=CC1CC(CC)NC1=O. The number of carbonyl (C=O) groups is 1. The zero-order valence-electron chi connectivity index (χ0n) is 6.26. The molecule has 2 unspecified atom stereocenters. The largest absolute Gasteiger partial charge is 0.353 e. The lowest BCUT2D eigenvalue weighted by Crippen LogP contribution is -2.25. The van der Waals surface area contributed by atoms with Crippen molar-refractivity contribution >= 4 is 5.91 Å². The average molecular weight is 139 g/mol. The summed E-state index contributed by atoms with van der Waals surface area (Å²) >= 11 is 0. The minimum Gasteiger partial charge on any atom is -0.353 e. The van der Waals surface area contributed by atoms with Crippen LogP contribution in [0.5, 0.6) is 0 Å². The molecule has 0 spiro atoms. The fourth-order valence-corrected chi connectivity index (χ4v) is 1.25. The molecule has 0 aromatic heterocycles. The number of hydrogen-bond donors (Lipinski definition) is 1. The summed E-state index contributed by atoms with van der Waals surface area (Å²) in [7, 11) is 0. The van der Waals surface area contributed by atoms with Crippen LogP contribution >= 0.6 is 0 Å². The Labute approximate surface area is 61.3 Å². The van der Waals surface area contributed by atoms with Gasteiger partial charge in [-0.15, -0.1) is 6.58 Å². The molecule has 2 nitrogen and oxygen atoms in total. The van der Waals surface area contributed by atoms with Crippen LogP contribution in [0.1, 0.15) is 19.8 Å². The molecule has 1 saturated heterocycles. The van der Waals surface area contributed by atoms with Crippen LogP contribution in [0.3, 0.4) is 0 Å². The Morgan fingerprint density at radius 2 is 2.60 bits per heavy atom. The minimum absolute atomic E-state index is 0.0601. The zero-order chi connectivity index (χ0) is 7.56.